The second kappa shape index (κ2) is 4.86. The maximum Gasteiger partial charge on any atom is 0.126 e. The van der Waals surface area contributed by atoms with Crippen LogP contribution >= 0.6 is 0 Å². The first kappa shape index (κ1) is 12.7. The summed E-state index contributed by atoms with van der Waals surface area (Å²) in [5.41, 5.74) is 0.978. The van der Waals surface area contributed by atoms with Gasteiger partial charge >= 0.3 is 0 Å². The van der Waals surface area contributed by atoms with Crippen molar-refractivity contribution in [2.75, 3.05) is 0 Å². The van der Waals surface area contributed by atoms with Crippen molar-refractivity contribution < 1.29 is 9.50 Å². The van der Waals surface area contributed by atoms with Gasteiger partial charge in [-0.05, 0) is 42.7 Å². The highest BCUT2D eigenvalue weighted by Gasteiger charge is 2.24. The van der Waals surface area contributed by atoms with Crippen molar-refractivity contribution in [3.05, 3.63) is 65.2 Å². The molecule has 1 unspecified atom stereocenters. The molecule has 0 fully saturated rings. The lowest BCUT2D eigenvalue weighted by molar-refractivity contribution is 0.0572. The number of nitrogens with zero attached hydrogens (tertiary/aromatic N) is 1. The molecule has 1 aromatic carbocycles. The smallest absolute Gasteiger partial charge is 0.126 e. The number of hydrogen-bond acceptors (Lipinski definition) is 2. The Kier molecular flexibility index (Phi) is 3.43. The minimum absolute atomic E-state index is 0.293. The van der Waals surface area contributed by atoms with Gasteiger partial charge in [0.25, 0.3) is 0 Å². The molecule has 1 N–H and O–H groups in total. The van der Waals surface area contributed by atoms with Crippen LogP contribution in [-0.4, -0.2) is 10.1 Å². The van der Waals surface area contributed by atoms with Crippen LogP contribution in [0.2, 0.25) is 0 Å². The molecule has 0 aliphatic carbocycles. The van der Waals surface area contributed by atoms with Crippen LogP contribution in [-0.2, 0) is 12.0 Å². The lowest BCUT2D eigenvalue weighted by Gasteiger charge is -2.24. The fraction of sp³-hybridized carbons (Fsp3) is 0.267. The van der Waals surface area contributed by atoms with E-state index in [0.717, 1.165) is 5.56 Å². The molecule has 1 aromatic heterocycles. The Balaban J connectivity index is 2.27. The zero-order valence-electron chi connectivity index (χ0n) is 10.5. The summed E-state index contributed by atoms with van der Waals surface area (Å²) in [5, 5.41) is 10.5. The minimum atomic E-state index is -1.10. The number of pyridine rings is 1. The molecule has 0 radical (unpaired) electrons. The van der Waals surface area contributed by atoms with E-state index in [4.69, 9.17) is 0 Å². The Morgan fingerprint density at radius 1 is 1.33 bits per heavy atom. The average Bonchev–Trinajstić information content (AvgIpc) is 2.33. The van der Waals surface area contributed by atoms with Gasteiger partial charge in [-0.15, -0.1) is 0 Å². The number of aromatic nitrogens is 1. The quantitative estimate of drug-likeness (QED) is 0.901. The third-order valence-corrected chi connectivity index (χ3v) is 3.06. The van der Waals surface area contributed by atoms with Crippen molar-refractivity contribution in [1.29, 1.82) is 0 Å². The van der Waals surface area contributed by atoms with Gasteiger partial charge < -0.3 is 5.11 Å². The van der Waals surface area contributed by atoms with Crippen molar-refractivity contribution in [1.82, 2.24) is 4.98 Å². The van der Waals surface area contributed by atoms with Gasteiger partial charge in [0.1, 0.15) is 5.82 Å². The number of aliphatic hydroxyl groups is 1. The molecule has 0 bridgehead atoms. The molecule has 18 heavy (non-hydrogen) atoms. The number of hydrogen-bond donors (Lipinski definition) is 1. The number of benzene rings is 1. The number of halogens is 1. The van der Waals surface area contributed by atoms with E-state index in [2.05, 4.69) is 4.98 Å². The lowest BCUT2D eigenvalue weighted by Crippen LogP contribution is -2.24. The Hall–Kier alpha value is -1.74. The third kappa shape index (κ3) is 2.74. The zero-order valence-corrected chi connectivity index (χ0v) is 10.5. The Morgan fingerprint density at radius 3 is 2.72 bits per heavy atom. The van der Waals surface area contributed by atoms with Crippen LogP contribution in [0.3, 0.4) is 0 Å². The second-order valence-corrected chi connectivity index (χ2v) is 4.78. The Morgan fingerprint density at radius 2 is 2.11 bits per heavy atom. The first-order chi connectivity index (χ1) is 8.49. The molecule has 0 amide bonds. The molecule has 1 heterocycles. The Labute approximate surface area is 106 Å². The minimum Gasteiger partial charge on any atom is -0.385 e. The highest BCUT2D eigenvalue weighted by Crippen LogP contribution is 2.26. The van der Waals surface area contributed by atoms with E-state index in [9.17, 15) is 9.50 Å². The van der Waals surface area contributed by atoms with Crippen LogP contribution in [0.5, 0.6) is 0 Å². The van der Waals surface area contributed by atoms with Crippen molar-refractivity contribution >= 4 is 0 Å². The predicted octanol–water partition coefficient (Wildman–Crippen LogP) is 2.98. The molecule has 2 nitrogen and oxygen atoms in total. The Bertz CT molecular complexity index is 537. The number of rotatable bonds is 3. The highest BCUT2D eigenvalue weighted by molar-refractivity contribution is 5.29. The van der Waals surface area contributed by atoms with Crippen molar-refractivity contribution in [2.45, 2.75) is 25.9 Å². The zero-order chi connectivity index (χ0) is 13.2. The van der Waals surface area contributed by atoms with Gasteiger partial charge in [0.2, 0.25) is 0 Å². The first-order valence-electron chi connectivity index (χ1n) is 5.87. The predicted molar refractivity (Wildman–Crippen MR) is 68.6 cm³/mol. The standard InChI is InChI=1S/C15H16FNO/c1-11-5-6-13(8-14(11)16)15(2,18)9-12-4-3-7-17-10-12/h3-8,10,18H,9H2,1-2H3. The summed E-state index contributed by atoms with van der Waals surface area (Å²) in [6.07, 6.45) is 3.80. The van der Waals surface area contributed by atoms with Crippen LogP contribution in [0.15, 0.2) is 42.7 Å². The molecule has 3 heteroatoms. The monoisotopic (exact) mass is 245 g/mol. The van der Waals surface area contributed by atoms with Crippen molar-refractivity contribution in [2.24, 2.45) is 0 Å². The number of aryl methyl sites for hydroxylation is 1. The van der Waals surface area contributed by atoms with Gasteiger partial charge in [0, 0.05) is 18.8 Å². The van der Waals surface area contributed by atoms with E-state index < -0.39 is 5.60 Å². The largest absolute Gasteiger partial charge is 0.385 e. The fourth-order valence-electron chi connectivity index (χ4n) is 1.93. The lowest BCUT2D eigenvalue weighted by atomic mass is 9.89. The van der Waals surface area contributed by atoms with E-state index >= 15 is 0 Å². The van der Waals surface area contributed by atoms with Crippen molar-refractivity contribution in [3.63, 3.8) is 0 Å². The van der Waals surface area contributed by atoms with Gasteiger partial charge in [-0.2, -0.15) is 0 Å². The third-order valence-electron chi connectivity index (χ3n) is 3.06. The van der Waals surface area contributed by atoms with E-state index in [1.165, 1.54) is 6.07 Å². The van der Waals surface area contributed by atoms with Gasteiger partial charge in [0.05, 0.1) is 5.60 Å². The molecule has 0 saturated heterocycles. The summed E-state index contributed by atoms with van der Waals surface area (Å²) in [7, 11) is 0. The van der Waals surface area contributed by atoms with Crippen LogP contribution < -0.4 is 0 Å². The van der Waals surface area contributed by atoms with Crippen LogP contribution in [0, 0.1) is 12.7 Å². The van der Waals surface area contributed by atoms with Gasteiger partial charge in [-0.3, -0.25) is 4.98 Å². The average molecular weight is 245 g/mol. The van der Waals surface area contributed by atoms with E-state index in [1.54, 1.807) is 38.4 Å². The molecule has 2 rings (SSSR count). The van der Waals surface area contributed by atoms with Crippen LogP contribution in [0.1, 0.15) is 23.6 Å². The topological polar surface area (TPSA) is 33.1 Å². The molecule has 0 saturated carbocycles. The van der Waals surface area contributed by atoms with Gasteiger partial charge in [-0.1, -0.05) is 18.2 Å². The fourth-order valence-corrected chi connectivity index (χ4v) is 1.93. The van der Waals surface area contributed by atoms with E-state index in [-0.39, 0.29) is 5.82 Å². The summed E-state index contributed by atoms with van der Waals surface area (Å²) in [4.78, 5) is 4.01. The van der Waals surface area contributed by atoms with E-state index in [1.807, 2.05) is 12.1 Å². The normalized spacial score (nSPS) is 14.2. The molecule has 0 spiro atoms. The summed E-state index contributed by atoms with van der Waals surface area (Å²) >= 11 is 0. The SMILES string of the molecule is Cc1ccc(C(C)(O)Cc2cccnc2)cc1F. The molecule has 94 valence electrons. The second-order valence-electron chi connectivity index (χ2n) is 4.78. The maximum atomic E-state index is 13.5. The first-order valence-corrected chi connectivity index (χ1v) is 5.87. The summed E-state index contributed by atoms with van der Waals surface area (Å²) in [5.74, 6) is -0.293. The van der Waals surface area contributed by atoms with Crippen LogP contribution in [0.4, 0.5) is 4.39 Å². The highest BCUT2D eigenvalue weighted by atomic mass is 19.1. The van der Waals surface area contributed by atoms with E-state index in [0.29, 0.717) is 17.5 Å². The van der Waals surface area contributed by atoms with Gasteiger partial charge in [-0.25, -0.2) is 4.39 Å². The molecule has 0 aliphatic rings. The summed E-state index contributed by atoms with van der Waals surface area (Å²) in [6, 6.07) is 8.55. The molecule has 0 aliphatic heterocycles. The van der Waals surface area contributed by atoms with Gasteiger partial charge in [0.15, 0.2) is 0 Å². The maximum absolute atomic E-state index is 13.5. The molecular weight excluding hydrogens is 229 g/mol. The molecule has 2 aromatic rings. The van der Waals surface area contributed by atoms with Crippen molar-refractivity contribution in [3.8, 4) is 0 Å². The summed E-state index contributed by atoms with van der Waals surface area (Å²) < 4.78 is 13.5. The van der Waals surface area contributed by atoms with Crippen LogP contribution in [0.25, 0.3) is 0 Å². The molecule has 1 atom stereocenters. The molecular formula is C15H16FNO. The summed E-state index contributed by atoms with van der Waals surface area (Å²) in [6.45, 7) is 3.39.